The second-order valence-corrected chi connectivity index (χ2v) is 20.6. The molecule has 32 heavy (non-hydrogen) atoms. The minimum absolute atomic E-state index is 0. The van der Waals surface area contributed by atoms with Crippen LogP contribution >= 0.6 is 42.1 Å². The Morgan fingerprint density at radius 2 is 1.50 bits per heavy atom. The van der Waals surface area contributed by atoms with Crippen molar-refractivity contribution in [3.8, 4) is 5.75 Å². The van der Waals surface area contributed by atoms with Gasteiger partial charge in [0, 0.05) is 10.5 Å². The molecule has 3 fully saturated rings. The second kappa shape index (κ2) is 12.0. The zero-order valence-corrected chi connectivity index (χ0v) is 26.5. The molecule has 0 radical (unpaired) electrons. The van der Waals surface area contributed by atoms with Gasteiger partial charge in [-0.05, 0) is 64.8 Å². The molecule has 1 saturated carbocycles. The van der Waals surface area contributed by atoms with E-state index in [0.29, 0.717) is 5.75 Å². The van der Waals surface area contributed by atoms with Crippen molar-refractivity contribution in [1.29, 1.82) is 0 Å². The van der Waals surface area contributed by atoms with Crippen molar-refractivity contribution in [2.45, 2.75) is 87.9 Å². The van der Waals surface area contributed by atoms with Crippen molar-refractivity contribution in [1.82, 2.24) is 0 Å². The molecular weight excluding hydrogens is 527 g/mol. The van der Waals surface area contributed by atoms with E-state index in [1.807, 2.05) is 0 Å². The van der Waals surface area contributed by atoms with Gasteiger partial charge in [-0.15, -0.1) is 0 Å². The van der Waals surface area contributed by atoms with Gasteiger partial charge in [0.1, 0.15) is 5.75 Å². The summed E-state index contributed by atoms with van der Waals surface area (Å²) >= 11 is 4.02. The molecule has 1 aliphatic carbocycles. The predicted octanol–water partition coefficient (Wildman–Crippen LogP) is 8.15. The molecule has 3 aliphatic rings. The van der Waals surface area contributed by atoms with E-state index in [1.54, 1.807) is 0 Å². The van der Waals surface area contributed by atoms with Crippen LogP contribution in [0.4, 0.5) is 0 Å². The van der Waals surface area contributed by atoms with Gasteiger partial charge in [-0.3, -0.25) is 0 Å². The molecule has 2 heterocycles. The molecule has 1 N–H and O–H groups in total. The molecule has 1 aromatic carbocycles. The third-order valence-electron chi connectivity index (χ3n) is 8.12. The Bertz CT molecular complexity index is 749. The molecule has 1 aromatic rings. The van der Waals surface area contributed by atoms with Crippen LogP contribution in [0.3, 0.4) is 0 Å². The summed E-state index contributed by atoms with van der Waals surface area (Å²) in [6, 6.07) is 7.16. The number of hydrogen-bond donors (Lipinski definition) is 1. The van der Waals surface area contributed by atoms with E-state index in [9.17, 15) is 5.11 Å². The summed E-state index contributed by atoms with van der Waals surface area (Å²) in [5.41, 5.74) is 3.31. The first-order valence-corrected chi connectivity index (χ1v) is 20.6. The van der Waals surface area contributed by atoms with E-state index < -0.39 is 25.1 Å². The number of phenols is 1. The topological polar surface area (TPSA) is 20.2 Å². The Kier molecular flexibility index (Phi) is 11.0. The normalized spacial score (nSPS) is 28.9. The Morgan fingerprint density at radius 3 is 1.91 bits per heavy atom. The second-order valence-electron chi connectivity index (χ2n) is 10.5. The average Bonchev–Trinajstić information content (AvgIpc) is 3.40. The maximum atomic E-state index is 11.6. The van der Waals surface area contributed by atoms with E-state index in [-0.39, 0.29) is 12.8 Å². The van der Waals surface area contributed by atoms with Crippen molar-refractivity contribution < 1.29 is 22.1 Å². The number of thioether (sulfide) groups is 2. The average molecular weight is 569 g/mol. The first-order valence-electron chi connectivity index (χ1n) is 11.7. The molecular formula is C25H41Cl2OS2SiTi-. The van der Waals surface area contributed by atoms with E-state index in [1.165, 1.54) is 47.2 Å². The van der Waals surface area contributed by atoms with Crippen LogP contribution in [0.2, 0.25) is 17.6 Å². The fourth-order valence-corrected chi connectivity index (χ4v) is 17.7. The van der Waals surface area contributed by atoms with E-state index in [0.717, 1.165) is 33.4 Å². The molecule has 0 bridgehead atoms. The zero-order valence-electron chi connectivity index (χ0n) is 20.8. The fraction of sp³-hybridized carbons (Fsp3) is 0.720. The van der Waals surface area contributed by atoms with Crippen LogP contribution in [-0.4, -0.2) is 35.2 Å². The van der Waals surface area contributed by atoms with Crippen LogP contribution in [0.15, 0.2) is 12.1 Å². The summed E-state index contributed by atoms with van der Waals surface area (Å²) in [7, 11) is 7.94. The van der Waals surface area contributed by atoms with Gasteiger partial charge >= 0.3 is 35.6 Å². The molecule has 0 spiro atoms. The molecule has 2 saturated heterocycles. The molecule has 4 atom stereocenters. The van der Waals surface area contributed by atoms with Crippen LogP contribution in [0.25, 0.3) is 0 Å². The summed E-state index contributed by atoms with van der Waals surface area (Å²) in [6.45, 7) is 13.8. The molecule has 2 aliphatic heterocycles. The number of fused-ring (bicyclic) bond motifs is 3. The van der Waals surface area contributed by atoms with Gasteiger partial charge in [-0.1, -0.05) is 64.4 Å². The van der Waals surface area contributed by atoms with Crippen molar-refractivity contribution >= 4 is 55.4 Å². The molecule has 182 valence electrons. The van der Waals surface area contributed by atoms with Gasteiger partial charge in [0.05, 0.1) is 8.07 Å². The van der Waals surface area contributed by atoms with Gasteiger partial charge in [0.2, 0.25) is 0 Å². The van der Waals surface area contributed by atoms with Gasteiger partial charge in [-0.25, -0.2) is 0 Å². The SMILES string of the molecule is CC[Si](CC)(c1cc(C)cc(C(C)(C)C)c1O)C1C2SCCC2C2CCSC21.[CH3-].[Cl][Ti][Cl]. The number of rotatable bonds is 4. The van der Waals surface area contributed by atoms with Crippen LogP contribution in [-0.2, 0) is 22.4 Å². The summed E-state index contributed by atoms with van der Waals surface area (Å²) in [4.78, 5) is 0. The first-order chi connectivity index (χ1) is 14.7. The number of aromatic hydroxyl groups is 1. The standard InChI is InChI=1S/C24H38OS2Si.CH3.2ClH.Ti/c1-7-28(8-2,19-14-15(3)13-18(20(19)25)24(4,5)6)23-21-16(9-11-26-21)17-10-12-27-22(17)23;;;;/h13-14,16-17,21-23,25H,7-12H2,1-6H3;1H3;2*1H;/q;-1;;;+2/p-2. The number of phenolic OH excluding ortho intramolecular Hbond substituents is 1. The molecule has 0 amide bonds. The Morgan fingerprint density at radius 1 is 1.03 bits per heavy atom. The third kappa shape index (κ3) is 5.32. The Balaban J connectivity index is 0.000000860. The van der Waals surface area contributed by atoms with E-state index >= 15 is 0 Å². The molecule has 1 nitrogen and oxygen atoms in total. The van der Waals surface area contributed by atoms with Crippen molar-refractivity contribution in [2.24, 2.45) is 11.8 Å². The van der Waals surface area contributed by atoms with E-state index in [4.69, 9.17) is 18.6 Å². The van der Waals surface area contributed by atoms with Crippen LogP contribution < -0.4 is 5.19 Å². The summed E-state index contributed by atoms with van der Waals surface area (Å²) < 4.78 is 0. The number of hydrogen-bond acceptors (Lipinski definition) is 3. The Hall–Kier alpha value is 1.23. The molecule has 0 aromatic heterocycles. The predicted molar refractivity (Wildman–Crippen MR) is 148 cm³/mol. The van der Waals surface area contributed by atoms with Crippen molar-refractivity contribution in [3.63, 3.8) is 0 Å². The maximum absolute atomic E-state index is 11.6. The van der Waals surface area contributed by atoms with E-state index in [2.05, 4.69) is 77.2 Å². The van der Waals surface area contributed by atoms with Gasteiger partial charge < -0.3 is 12.5 Å². The minimum atomic E-state index is -1.84. The number of benzene rings is 1. The fourth-order valence-electron chi connectivity index (χ4n) is 6.74. The molecule has 4 unspecified atom stereocenters. The third-order valence-corrected chi connectivity index (χ3v) is 17.6. The summed E-state index contributed by atoms with van der Waals surface area (Å²) in [6.07, 6.45) is 2.89. The number of aryl methyl sites for hydroxylation is 1. The quantitative estimate of drug-likeness (QED) is 0.293. The summed E-state index contributed by atoms with van der Waals surface area (Å²) in [5.74, 6) is 5.29. The molecule has 7 heteroatoms. The van der Waals surface area contributed by atoms with Gasteiger partial charge in [0.25, 0.3) is 0 Å². The van der Waals surface area contributed by atoms with Crippen molar-refractivity contribution in [2.75, 3.05) is 11.5 Å². The first kappa shape index (κ1) is 29.5. The van der Waals surface area contributed by atoms with Crippen LogP contribution in [0.5, 0.6) is 5.75 Å². The van der Waals surface area contributed by atoms with Gasteiger partial charge in [-0.2, -0.15) is 23.5 Å². The zero-order chi connectivity index (χ0) is 23.0. The summed E-state index contributed by atoms with van der Waals surface area (Å²) in [5, 5.41) is 14.7. The monoisotopic (exact) mass is 567 g/mol. The van der Waals surface area contributed by atoms with Gasteiger partial charge in [0.15, 0.2) is 0 Å². The van der Waals surface area contributed by atoms with Crippen LogP contribution in [0, 0.1) is 26.2 Å². The number of halogens is 2. The van der Waals surface area contributed by atoms with Crippen molar-refractivity contribution in [3.05, 3.63) is 30.7 Å². The van der Waals surface area contributed by atoms with Crippen LogP contribution in [0.1, 0.15) is 58.6 Å². The Labute approximate surface area is 223 Å². The molecule has 4 rings (SSSR count).